The van der Waals surface area contributed by atoms with Crippen molar-refractivity contribution < 1.29 is 27.8 Å². The minimum Gasteiger partial charge on any atom is -0.406 e. The third-order valence-electron chi connectivity index (χ3n) is 8.17. The molecule has 2 aromatic heterocycles. The molecule has 0 bridgehead atoms. The average molecular weight is 544 g/mol. The highest BCUT2D eigenvalue weighted by Gasteiger charge is 2.55. The summed E-state index contributed by atoms with van der Waals surface area (Å²) in [5, 5.41) is 17.3. The first-order valence-corrected chi connectivity index (χ1v) is 13.3. The number of halogens is 3. The normalized spacial score (nSPS) is 21.8. The van der Waals surface area contributed by atoms with Crippen LogP contribution >= 0.6 is 0 Å². The molecule has 208 valence electrons. The van der Waals surface area contributed by atoms with Gasteiger partial charge in [0.2, 0.25) is 0 Å². The molecule has 11 heteroatoms. The summed E-state index contributed by atoms with van der Waals surface area (Å²) >= 11 is 0. The molecule has 2 saturated heterocycles. The Labute approximate surface area is 224 Å². The number of nitrogens with zero attached hydrogens (tertiary/aromatic N) is 5. The number of aliphatic hydroxyl groups is 1. The monoisotopic (exact) mass is 543 g/mol. The summed E-state index contributed by atoms with van der Waals surface area (Å²) in [5.74, 6) is 1.48. The predicted molar refractivity (Wildman–Crippen MR) is 136 cm³/mol. The van der Waals surface area contributed by atoms with Crippen LogP contribution < -0.4 is 4.74 Å². The van der Waals surface area contributed by atoms with E-state index in [4.69, 9.17) is 14.8 Å². The fraction of sp³-hybridized carbons (Fsp3) is 0.536. The fourth-order valence-corrected chi connectivity index (χ4v) is 6.18. The Morgan fingerprint density at radius 3 is 2.33 bits per heavy atom. The molecule has 3 aliphatic rings. The van der Waals surface area contributed by atoms with Crippen molar-refractivity contribution in [1.29, 1.82) is 0 Å². The van der Waals surface area contributed by atoms with Gasteiger partial charge in [-0.2, -0.15) is 5.10 Å². The van der Waals surface area contributed by atoms with E-state index >= 15 is 0 Å². The molecular weight excluding hydrogens is 511 g/mol. The molecule has 1 unspecified atom stereocenters. The van der Waals surface area contributed by atoms with E-state index in [1.54, 1.807) is 12.4 Å². The zero-order valence-corrected chi connectivity index (χ0v) is 22.0. The first kappa shape index (κ1) is 26.2. The van der Waals surface area contributed by atoms with E-state index in [0.29, 0.717) is 54.9 Å². The quantitative estimate of drug-likeness (QED) is 0.464. The van der Waals surface area contributed by atoms with Crippen LogP contribution in [0.4, 0.5) is 13.2 Å². The van der Waals surface area contributed by atoms with Crippen molar-refractivity contribution in [3.05, 3.63) is 59.7 Å². The molecule has 8 nitrogen and oxygen atoms in total. The number of hydrogen-bond donors (Lipinski definition) is 1. The molecule has 1 saturated carbocycles. The van der Waals surface area contributed by atoms with Gasteiger partial charge in [-0.05, 0) is 56.5 Å². The predicted octanol–water partition coefficient (Wildman–Crippen LogP) is 4.66. The van der Waals surface area contributed by atoms with Crippen LogP contribution in [0.5, 0.6) is 5.75 Å². The van der Waals surface area contributed by atoms with Gasteiger partial charge in [-0.3, -0.25) is 4.98 Å². The number of pyridine rings is 1. The smallest absolute Gasteiger partial charge is 0.406 e. The number of likely N-dealkylation sites (tertiary alicyclic amines) is 1. The van der Waals surface area contributed by atoms with Crippen LogP contribution in [-0.2, 0) is 10.3 Å². The van der Waals surface area contributed by atoms with Gasteiger partial charge < -0.3 is 19.5 Å². The van der Waals surface area contributed by atoms with Gasteiger partial charge in [-0.15, -0.1) is 13.2 Å². The van der Waals surface area contributed by atoms with E-state index in [1.807, 2.05) is 20.0 Å². The molecule has 1 atom stereocenters. The zero-order chi connectivity index (χ0) is 27.4. The third kappa shape index (κ3) is 4.92. The van der Waals surface area contributed by atoms with Crippen LogP contribution in [0.3, 0.4) is 0 Å². The van der Waals surface area contributed by atoms with Gasteiger partial charge in [0.05, 0.1) is 6.04 Å². The van der Waals surface area contributed by atoms with Crippen LogP contribution in [0.15, 0.2) is 42.7 Å². The maximum atomic E-state index is 12.7. The number of hydrogen-bond acceptors (Lipinski definition) is 7. The second kappa shape index (κ2) is 9.57. The van der Waals surface area contributed by atoms with Crippen LogP contribution in [0, 0.1) is 5.41 Å². The Bertz CT molecular complexity index is 1330. The summed E-state index contributed by atoms with van der Waals surface area (Å²) in [4.78, 5) is 11.5. The molecule has 2 aliphatic heterocycles. The van der Waals surface area contributed by atoms with Crippen molar-refractivity contribution in [3.8, 4) is 17.1 Å². The van der Waals surface area contributed by atoms with Gasteiger partial charge in [-0.1, -0.05) is 19.1 Å². The lowest BCUT2D eigenvalue weighted by Gasteiger charge is -2.55. The molecule has 4 heterocycles. The summed E-state index contributed by atoms with van der Waals surface area (Å²) in [6.07, 6.45) is 2.49. The van der Waals surface area contributed by atoms with Crippen molar-refractivity contribution >= 4 is 0 Å². The fourth-order valence-electron chi connectivity index (χ4n) is 6.18. The van der Waals surface area contributed by atoms with Crippen LogP contribution in [0.1, 0.15) is 61.5 Å². The van der Waals surface area contributed by atoms with E-state index in [-0.39, 0.29) is 11.7 Å². The molecule has 6 rings (SSSR count). The van der Waals surface area contributed by atoms with Crippen molar-refractivity contribution in [2.45, 2.75) is 56.5 Å². The molecular formula is C28H32F3N5O3. The number of aromatic nitrogens is 4. The number of ether oxygens (including phenoxy) is 2. The lowest BCUT2D eigenvalue weighted by Crippen LogP contribution is -2.63. The van der Waals surface area contributed by atoms with Crippen molar-refractivity contribution in [2.75, 3.05) is 33.4 Å². The van der Waals surface area contributed by atoms with Crippen molar-refractivity contribution in [3.63, 3.8) is 0 Å². The summed E-state index contributed by atoms with van der Waals surface area (Å²) in [7, 11) is 1.96. The van der Waals surface area contributed by atoms with Gasteiger partial charge in [0.15, 0.2) is 5.82 Å². The number of rotatable bonds is 7. The molecule has 0 spiro atoms. The van der Waals surface area contributed by atoms with Gasteiger partial charge in [0.1, 0.15) is 17.2 Å². The maximum absolute atomic E-state index is 12.7. The molecule has 1 N–H and O–H groups in total. The standard InChI is InChI=1S/C28H32F3N5O3/c1-26(16-35(2)17-26)27(37,20-3-7-23(8-4-20)39-28(29,30)31)21-13-19(14-32-15-21)24-33-25(18-9-11-38-12-10-18)36(34-24)22-5-6-22/h3-4,7-8,13-15,18,22,37H,5-6,9-12,16-17H2,1-2H3. The Kier molecular flexibility index (Phi) is 6.43. The van der Waals surface area contributed by atoms with E-state index in [1.165, 1.54) is 24.3 Å². The molecule has 1 aliphatic carbocycles. The highest BCUT2D eigenvalue weighted by Crippen LogP contribution is 2.50. The van der Waals surface area contributed by atoms with Crippen LogP contribution in [-0.4, -0.2) is 69.5 Å². The summed E-state index contributed by atoms with van der Waals surface area (Å²) in [6, 6.07) is 7.66. The minimum atomic E-state index is -4.79. The van der Waals surface area contributed by atoms with E-state index < -0.39 is 17.4 Å². The Balaban J connectivity index is 1.39. The maximum Gasteiger partial charge on any atom is 0.573 e. The van der Waals surface area contributed by atoms with Gasteiger partial charge in [-0.25, -0.2) is 9.67 Å². The van der Waals surface area contributed by atoms with E-state index in [0.717, 1.165) is 31.5 Å². The first-order valence-electron chi connectivity index (χ1n) is 13.3. The lowest BCUT2D eigenvalue weighted by atomic mass is 9.62. The van der Waals surface area contributed by atoms with Gasteiger partial charge >= 0.3 is 6.36 Å². The van der Waals surface area contributed by atoms with Crippen molar-refractivity contribution in [2.24, 2.45) is 5.41 Å². The van der Waals surface area contributed by atoms with Crippen LogP contribution in [0.2, 0.25) is 0 Å². The summed E-state index contributed by atoms with van der Waals surface area (Å²) < 4.78 is 49.9. The Morgan fingerprint density at radius 2 is 1.72 bits per heavy atom. The van der Waals surface area contributed by atoms with E-state index in [9.17, 15) is 18.3 Å². The summed E-state index contributed by atoms with van der Waals surface area (Å²) in [5.41, 5.74) is -0.446. The number of benzene rings is 1. The van der Waals surface area contributed by atoms with Gasteiger partial charge in [0, 0.05) is 61.2 Å². The Hall–Kier alpha value is -3.02. The largest absolute Gasteiger partial charge is 0.573 e. The van der Waals surface area contributed by atoms with Gasteiger partial charge in [0.25, 0.3) is 0 Å². The minimum absolute atomic E-state index is 0.288. The second-order valence-electron chi connectivity index (χ2n) is 11.3. The molecule has 0 radical (unpaired) electrons. The summed E-state index contributed by atoms with van der Waals surface area (Å²) in [6.45, 7) is 4.58. The SMILES string of the molecule is CN1CC(C)(C(O)(c2ccc(OC(F)(F)F)cc2)c2cncc(-c3nc(C4CCOCC4)n(C4CC4)n3)c2)C1. The first-order chi connectivity index (χ1) is 18.6. The number of alkyl halides is 3. The molecule has 39 heavy (non-hydrogen) atoms. The molecule has 1 aromatic carbocycles. The second-order valence-corrected chi connectivity index (χ2v) is 11.3. The zero-order valence-electron chi connectivity index (χ0n) is 22.0. The third-order valence-corrected chi connectivity index (χ3v) is 8.17. The average Bonchev–Trinajstić information content (AvgIpc) is 3.65. The van der Waals surface area contributed by atoms with E-state index in [2.05, 4.69) is 19.3 Å². The highest BCUT2D eigenvalue weighted by atomic mass is 19.4. The van der Waals surface area contributed by atoms with Crippen molar-refractivity contribution in [1.82, 2.24) is 24.6 Å². The molecule has 0 amide bonds. The Morgan fingerprint density at radius 1 is 1.03 bits per heavy atom. The topological polar surface area (TPSA) is 85.5 Å². The molecule has 3 fully saturated rings. The molecule has 3 aromatic rings. The lowest BCUT2D eigenvalue weighted by molar-refractivity contribution is -0.274. The van der Waals surface area contributed by atoms with Crippen LogP contribution in [0.25, 0.3) is 11.4 Å². The highest BCUT2D eigenvalue weighted by molar-refractivity contribution is 5.56.